The first-order valence-corrected chi connectivity index (χ1v) is 4.60. The topological polar surface area (TPSA) is 20.2 Å². The Balaban J connectivity index is 2.95. The van der Waals surface area contributed by atoms with E-state index < -0.39 is 6.10 Å². The average molecular weight is 194 g/mol. The highest BCUT2D eigenvalue weighted by Gasteiger charge is 2.13. The van der Waals surface area contributed by atoms with E-state index in [9.17, 15) is 9.50 Å². The van der Waals surface area contributed by atoms with E-state index in [-0.39, 0.29) is 5.82 Å². The van der Waals surface area contributed by atoms with Gasteiger partial charge in [0.25, 0.3) is 0 Å². The Kier molecular flexibility index (Phi) is 3.42. The quantitative estimate of drug-likeness (QED) is 0.733. The maximum Gasteiger partial charge on any atom is 0.131 e. The minimum atomic E-state index is -0.785. The van der Waals surface area contributed by atoms with Gasteiger partial charge in [0.05, 0.1) is 6.10 Å². The van der Waals surface area contributed by atoms with Crippen molar-refractivity contribution in [3.05, 3.63) is 47.3 Å². The van der Waals surface area contributed by atoms with Crippen molar-refractivity contribution in [3.63, 3.8) is 0 Å². The van der Waals surface area contributed by atoms with Crippen LogP contribution in [0, 0.1) is 12.7 Å². The Morgan fingerprint density at radius 3 is 2.79 bits per heavy atom. The van der Waals surface area contributed by atoms with E-state index in [1.54, 1.807) is 25.1 Å². The van der Waals surface area contributed by atoms with Crippen molar-refractivity contribution in [1.29, 1.82) is 0 Å². The molecule has 1 N–H and O–H groups in total. The summed E-state index contributed by atoms with van der Waals surface area (Å²) in [7, 11) is 0. The highest BCUT2D eigenvalue weighted by atomic mass is 19.1. The predicted octanol–water partition coefficient (Wildman–Crippen LogP) is 3.13. The fourth-order valence-electron chi connectivity index (χ4n) is 1.37. The van der Waals surface area contributed by atoms with Crippen molar-refractivity contribution in [3.8, 4) is 0 Å². The van der Waals surface area contributed by atoms with Gasteiger partial charge in [-0.1, -0.05) is 23.8 Å². The van der Waals surface area contributed by atoms with Crippen LogP contribution < -0.4 is 0 Å². The highest BCUT2D eigenvalue weighted by molar-refractivity contribution is 5.27. The molecular formula is C12H15FO. The molecule has 0 fully saturated rings. The number of rotatable bonds is 3. The molecule has 0 aliphatic heterocycles. The Hall–Kier alpha value is -1.15. The lowest BCUT2D eigenvalue weighted by Gasteiger charge is -2.12. The van der Waals surface area contributed by atoms with Crippen molar-refractivity contribution in [2.24, 2.45) is 0 Å². The van der Waals surface area contributed by atoms with Gasteiger partial charge in [-0.2, -0.15) is 0 Å². The summed E-state index contributed by atoms with van der Waals surface area (Å²) in [5.74, 6) is -0.318. The first-order valence-electron chi connectivity index (χ1n) is 4.60. The van der Waals surface area contributed by atoms with Crippen molar-refractivity contribution >= 4 is 0 Å². The molecule has 1 unspecified atom stereocenters. The number of aryl methyl sites for hydroxylation is 1. The summed E-state index contributed by atoms with van der Waals surface area (Å²) in [5.41, 5.74) is 1.76. The lowest BCUT2D eigenvalue weighted by Crippen LogP contribution is -2.02. The van der Waals surface area contributed by atoms with Gasteiger partial charge in [0.2, 0.25) is 0 Å². The van der Waals surface area contributed by atoms with Gasteiger partial charge in [-0.15, -0.1) is 6.58 Å². The molecule has 0 bridgehead atoms. The van der Waals surface area contributed by atoms with E-state index in [1.807, 2.05) is 6.92 Å². The molecule has 0 amide bonds. The van der Waals surface area contributed by atoms with Gasteiger partial charge in [-0.05, 0) is 25.8 Å². The van der Waals surface area contributed by atoms with Gasteiger partial charge in [0.15, 0.2) is 0 Å². The first kappa shape index (κ1) is 10.9. The smallest absolute Gasteiger partial charge is 0.131 e. The summed E-state index contributed by atoms with van der Waals surface area (Å²) in [6.07, 6.45) is -0.382. The molecular weight excluding hydrogens is 179 g/mol. The zero-order valence-corrected chi connectivity index (χ0v) is 8.55. The van der Waals surface area contributed by atoms with Crippen molar-refractivity contribution in [2.45, 2.75) is 26.4 Å². The normalized spacial score (nSPS) is 12.6. The van der Waals surface area contributed by atoms with E-state index >= 15 is 0 Å². The second kappa shape index (κ2) is 4.38. The summed E-state index contributed by atoms with van der Waals surface area (Å²) >= 11 is 0. The molecule has 1 atom stereocenters. The number of aliphatic hydroxyl groups is 1. The van der Waals surface area contributed by atoms with Crippen LogP contribution in [0.15, 0.2) is 30.4 Å². The standard InChI is InChI=1S/C12H15FO/c1-8(2)7-11(14)10-6-4-5-9(3)12(10)13/h4-6,11,14H,1,7H2,2-3H3. The first-order chi connectivity index (χ1) is 6.52. The van der Waals surface area contributed by atoms with E-state index in [4.69, 9.17) is 0 Å². The summed E-state index contributed by atoms with van der Waals surface area (Å²) in [6.45, 7) is 7.19. The zero-order valence-electron chi connectivity index (χ0n) is 8.55. The van der Waals surface area contributed by atoms with E-state index in [0.29, 0.717) is 17.5 Å². The molecule has 2 heteroatoms. The molecule has 0 aliphatic carbocycles. The van der Waals surface area contributed by atoms with Crippen LogP contribution >= 0.6 is 0 Å². The Morgan fingerprint density at radius 1 is 1.57 bits per heavy atom. The Morgan fingerprint density at radius 2 is 2.21 bits per heavy atom. The van der Waals surface area contributed by atoms with Crippen molar-refractivity contribution in [2.75, 3.05) is 0 Å². The number of hydrogen-bond acceptors (Lipinski definition) is 1. The van der Waals surface area contributed by atoms with Gasteiger partial charge in [-0.3, -0.25) is 0 Å². The SMILES string of the molecule is C=C(C)CC(O)c1cccc(C)c1F. The molecule has 0 aliphatic rings. The van der Waals surface area contributed by atoms with Crippen LogP contribution in [-0.2, 0) is 0 Å². The molecule has 76 valence electrons. The molecule has 0 saturated heterocycles. The molecule has 0 spiro atoms. The largest absolute Gasteiger partial charge is 0.388 e. The van der Waals surface area contributed by atoms with Crippen LogP contribution in [0.5, 0.6) is 0 Å². The summed E-state index contributed by atoms with van der Waals surface area (Å²) in [4.78, 5) is 0. The molecule has 0 radical (unpaired) electrons. The molecule has 0 aromatic heterocycles. The third-order valence-corrected chi connectivity index (χ3v) is 2.12. The minimum Gasteiger partial charge on any atom is -0.388 e. The van der Waals surface area contributed by atoms with Crippen LogP contribution in [-0.4, -0.2) is 5.11 Å². The Labute approximate surface area is 83.9 Å². The van der Waals surface area contributed by atoms with Gasteiger partial charge in [-0.25, -0.2) is 4.39 Å². The summed E-state index contributed by atoms with van der Waals surface area (Å²) in [5, 5.41) is 9.70. The van der Waals surface area contributed by atoms with E-state index in [2.05, 4.69) is 6.58 Å². The Bertz CT molecular complexity index is 344. The van der Waals surface area contributed by atoms with Crippen molar-refractivity contribution < 1.29 is 9.50 Å². The monoisotopic (exact) mass is 194 g/mol. The molecule has 1 aromatic carbocycles. The lowest BCUT2D eigenvalue weighted by atomic mass is 10.0. The molecule has 1 aromatic rings. The van der Waals surface area contributed by atoms with Gasteiger partial charge >= 0.3 is 0 Å². The van der Waals surface area contributed by atoms with E-state index in [1.165, 1.54) is 0 Å². The van der Waals surface area contributed by atoms with Crippen LogP contribution in [0.1, 0.15) is 30.6 Å². The van der Waals surface area contributed by atoms with Crippen LogP contribution in [0.25, 0.3) is 0 Å². The summed E-state index contributed by atoms with van der Waals surface area (Å²) < 4.78 is 13.5. The van der Waals surface area contributed by atoms with Gasteiger partial charge < -0.3 is 5.11 Å². The molecule has 0 heterocycles. The number of halogens is 1. The zero-order chi connectivity index (χ0) is 10.7. The minimum absolute atomic E-state index is 0.318. The second-order valence-corrected chi connectivity index (χ2v) is 3.66. The van der Waals surface area contributed by atoms with Crippen LogP contribution in [0.2, 0.25) is 0 Å². The third kappa shape index (κ3) is 2.42. The summed E-state index contributed by atoms with van der Waals surface area (Å²) in [6, 6.07) is 5.04. The third-order valence-electron chi connectivity index (χ3n) is 2.12. The van der Waals surface area contributed by atoms with Crippen LogP contribution in [0.3, 0.4) is 0 Å². The highest BCUT2D eigenvalue weighted by Crippen LogP contribution is 2.24. The average Bonchev–Trinajstić information content (AvgIpc) is 2.08. The predicted molar refractivity (Wildman–Crippen MR) is 55.5 cm³/mol. The van der Waals surface area contributed by atoms with Gasteiger partial charge in [0.1, 0.15) is 5.82 Å². The van der Waals surface area contributed by atoms with Crippen molar-refractivity contribution in [1.82, 2.24) is 0 Å². The fraction of sp³-hybridized carbons (Fsp3) is 0.333. The molecule has 1 rings (SSSR count). The van der Waals surface area contributed by atoms with E-state index in [0.717, 1.165) is 5.57 Å². The lowest BCUT2D eigenvalue weighted by molar-refractivity contribution is 0.173. The van der Waals surface area contributed by atoms with Gasteiger partial charge in [0, 0.05) is 5.56 Å². The fourth-order valence-corrected chi connectivity index (χ4v) is 1.37. The second-order valence-electron chi connectivity index (χ2n) is 3.66. The maximum absolute atomic E-state index is 13.5. The number of benzene rings is 1. The molecule has 1 nitrogen and oxygen atoms in total. The molecule has 0 saturated carbocycles. The number of hydrogen-bond donors (Lipinski definition) is 1. The number of aliphatic hydroxyl groups excluding tert-OH is 1. The maximum atomic E-state index is 13.5. The molecule has 14 heavy (non-hydrogen) atoms. The van der Waals surface area contributed by atoms with Crippen LogP contribution in [0.4, 0.5) is 4.39 Å².